The highest BCUT2D eigenvalue weighted by molar-refractivity contribution is 6.03. The first-order valence-electron chi connectivity index (χ1n) is 10.6. The molecule has 5 nitrogen and oxygen atoms in total. The Morgan fingerprint density at radius 3 is 2.47 bits per heavy atom. The largest absolute Gasteiger partial charge is 0.367 e. The number of pyridine rings is 1. The highest BCUT2D eigenvalue weighted by Crippen LogP contribution is 2.36. The van der Waals surface area contributed by atoms with Gasteiger partial charge in [-0.3, -0.25) is 9.78 Å². The predicted octanol–water partition coefficient (Wildman–Crippen LogP) is 4.45. The Hall–Kier alpha value is -3.32. The van der Waals surface area contributed by atoms with Gasteiger partial charge in [0.25, 0.3) is 5.91 Å². The predicted molar refractivity (Wildman–Crippen MR) is 121 cm³/mol. The first kappa shape index (κ1) is 21.9. The van der Waals surface area contributed by atoms with Crippen LogP contribution in [0.4, 0.5) is 14.5 Å². The number of benzene rings is 2. The van der Waals surface area contributed by atoms with Crippen molar-refractivity contribution in [2.45, 2.75) is 31.8 Å². The van der Waals surface area contributed by atoms with Crippen LogP contribution in [0.3, 0.4) is 0 Å². The minimum absolute atomic E-state index is 0.224. The van der Waals surface area contributed by atoms with Gasteiger partial charge in [0, 0.05) is 36.5 Å². The Balaban J connectivity index is 1.77. The van der Waals surface area contributed by atoms with Gasteiger partial charge in [-0.1, -0.05) is 30.3 Å². The summed E-state index contributed by atoms with van der Waals surface area (Å²) in [6.45, 7) is 4.96. The number of nitrogens with two attached hydrogens (primary N) is 1. The minimum Gasteiger partial charge on any atom is -0.367 e. The standard InChI is InChI=1S/C25H26F2N4O/c1-16(17-6-4-3-5-7-17)30-24(32)21-8-10-29-22(18-12-19(26)14-20(27)13-18)23(21)31-11-9-25(2,28)15-31/h3-8,10,12-14,16H,9,11,15,28H2,1-2H3,(H,30,32)/t16?,25-/m0/s1. The van der Waals surface area contributed by atoms with Gasteiger partial charge in [-0.15, -0.1) is 0 Å². The summed E-state index contributed by atoms with van der Waals surface area (Å²) in [5, 5.41) is 3.03. The summed E-state index contributed by atoms with van der Waals surface area (Å²) >= 11 is 0. The number of nitrogens with zero attached hydrogens (tertiary/aromatic N) is 2. The lowest BCUT2D eigenvalue weighted by molar-refractivity contribution is 0.0940. The molecule has 0 spiro atoms. The Labute approximate surface area is 186 Å². The van der Waals surface area contributed by atoms with E-state index in [2.05, 4.69) is 10.3 Å². The maximum Gasteiger partial charge on any atom is 0.253 e. The third-order valence-electron chi connectivity index (χ3n) is 5.77. The topological polar surface area (TPSA) is 71.2 Å². The van der Waals surface area contributed by atoms with Crippen LogP contribution < -0.4 is 16.0 Å². The average molecular weight is 437 g/mol. The van der Waals surface area contributed by atoms with Crippen LogP contribution in [-0.2, 0) is 0 Å². The quantitative estimate of drug-likeness (QED) is 0.620. The van der Waals surface area contributed by atoms with Crippen molar-refractivity contribution >= 4 is 11.6 Å². The Bertz CT molecular complexity index is 1110. The molecule has 1 amide bonds. The van der Waals surface area contributed by atoms with E-state index in [-0.39, 0.29) is 17.5 Å². The molecule has 32 heavy (non-hydrogen) atoms. The van der Waals surface area contributed by atoms with Crippen molar-refractivity contribution in [3.05, 3.63) is 83.6 Å². The van der Waals surface area contributed by atoms with Crippen LogP contribution in [0.25, 0.3) is 11.3 Å². The van der Waals surface area contributed by atoms with E-state index in [0.29, 0.717) is 30.0 Å². The van der Waals surface area contributed by atoms with E-state index < -0.39 is 17.2 Å². The van der Waals surface area contributed by atoms with Crippen molar-refractivity contribution < 1.29 is 13.6 Å². The van der Waals surface area contributed by atoms with Gasteiger partial charge >= 0.3 is 0 Å². The molecule has 2 atom stereocenters. The lowest BCUT2D eigenvalue weighted by Crippen LogP contribution is -2.39. The summed E-state index contributed by atoms with van der Waals surface area (Å²) in [5.74, 6) is -1.70. The van der Waals surface area contributed by atoms with Gasteiger partial charge in [-0.2, -0.15) is 0 Å². The van der Waals surface area contributed by atoms with Crippen molar-refractivity contribution in [2.24, 2.45) is 5.73 Å². The smallest absolute Gasteiger partial charge is 0.253 e. The molecule has 3 aromatic rings. The van der Waals surface area contributed by atoms with Crippen LogP contribution in [0.1, 0.15) is 42.2 Å². The van der Waals surface area contributed by atoms with Crippen LogP contribution >= 0.6 is 0 Å². The zero-order valence-electron chi connectivity index (χ0n) is 18.1. The van der Waals surface area contributed by atoms with Gasteiger partial charge < -0.3 is 16.0 Å². The van der Waals surface area contributed by atoms with E-state index in [1.807, 2.05) is 49.1 Å². The summed E-state index contributed by atoms with van der Waals surface area (Å²) in [7, 11) is 0. The number of hydrogen-bond donors (Lipinski definition) is 2. The number of hydrogen-bond acceptors (Lipinski definition) is 4. The summed E-state index contributed by atoms with van der Waals surface area (Å²) in [6.07, 6.45) is 2.21. The number of carbonyl (C=O) groups is 1. The number of carbonyl (C=O) groups excluding carboxylic acids is 1. The number of halogens is 2. The maximum atomic E-state index is 14.0. The molecule has 1 aromatic heterocycles. The summed E-state index contributed by atoms with van der Waals surface area (Å²) in [6, 6.07) is 14.3. The van der Waals surface area contributed by atoms with Gasteiger partial charge in [-0.25, -0.2) is 8.78 Å². The molecular formula is C25H26F2N4O. The zero-order valence-corrected chi connectivity index (χ0v) is 18.1. The van der Waals surface area contributed by atoms with Crippen molar-refractivity contribution in [1.29, 1.82) is 0 Å². The number of amides is 1. The fourth-order valence-corrected chi connectivity index (χ4v) is 4.13. The molecule has 3 N–H and O–H groups in total. The van der Waals surface area contributed by atoms with Gasteiger partial charge in [0.2, 0.25) is 0 Å². The van der Waals surface area contributed by atoms with Gasteiger partial charge in [0.05, 0.1) is 23.0 Å². The number of aromatic nitrogens is 1. The third-order valence-corrected chi connectivity index (χ3v) is 5.77. The second-order valence-electron chi connectivity index (χ2n) is 8.65. The molecule has 4 rings (SSSR count). The highest BCUT2D eigenvalue weighted by atomic mass is 19.1. The maximum absolute atomic E-state index is 14.0. The van der Waals surface area contributed by atoms with Crippen LogP contribution in [0.15, 0.2) is 60.8 Å². The molecule has 0 aliphatic carbocycles. The average Bonchev–Trinajstić information content (AvgIpc) is 3.12. The minimum atomic E-state index is -0.703. The summed E-state index contributed by atoms with van der Waals surface area (Å²) in [5.41, 5.74) is 8.42. The van der Waals surface area contributed by atoms with Gasteiger partial charge in [-0.05, 0) is 44.0 Å². The monoisotopic (exact) mass is 436 g/mol. The van der Waals surface area contributed by atoms with Crippen LogP contribution in [0.2, 0.25) is 0 Å². The van der Waals surface area contributed by atoms with Crippen molar-refractivity contribution in [3.63, 3.8) is 0 Å². The molecule has 0 bridgehead atoms. The molecule has 0 saturated carbocycles. The molecule has 1 saturated heterocycles. The summed E-state index contributed by atoms with van der Waals surface area (Å²) < 4.78 is 28.0. The first-order chi connectivity index (χ1) is 15.2. The first-order valence-corrected chi connectivity index (χ1v) is 10.6. The molecular weight excluding hydrogens is 410 g/mol. The van der Waals surface area contributed by atoms with Gasteiger partial charge in [0.1, 0.15) is 11.6 Å². The van der Waals surface area contributed by atoms with Crippen LogP contribution in [0, 0.1) is 11.6 Å². The zero-order chi connectivity index (χ0) is 22.9. The van der Waals surface area contributed by atoms with Crippen molar-refractivity contribution in [1.82, 2.24) is 10.3 Å². The second-order valence-corrected chi connectivity index (χ2v) is 8.65. The lowest BCUT2D eigenvalue weighted by Gasteiger charge is -2.26. The molecule has 1 aliphatic rings. The Morgan fingerprint density at radius 1 is 1.16 bits per heavy atom. The van der Waals surface area contributed by atoms with Gasteiger partial charge in [0.15, 0.2) is 0 Å². The van der Waals surface area contributed by atoms with E-state index in [1.165, 1.54) is 18.3 Å². The molecule has 1 aliphatic heterocycles. The third kappa shape index (κ3) is 4.62. The van der Waals surface area contributed by atoms with E-state index >= 15 is 0 Å². The highest BCUT2D eigenvalue weighted by Gasteiger charge is 2.34. The normalized spacial score (nSPS) is 19.1. The van der Waals surface area contributed by atoms with E-state index in [1.54, 1.807) is 6.07 Å². The second kappa shape index (κ2) is 8.67. The number of nitrogens with one attached hydrogen (secondary N) is 1. The van der Waals surface area contributed by atoms with E-state index in [4.69, 9.17) is 5.73 Å². The summed E-state index contributed by atoms with van der Waals surface area (Å²) in [4.78, 5) is 19.7. The molecule has 0 radical (unpaired) electrons. The Morgan fingerprint density at radius 2 is 1.84 bits per heavy atom. The molecule has 2 aromatic carbocycles. The Kier molecular flexibility index (Phi) is 5.93. The van der Waals surface area contributed by atoms with Crippen LogP contribution in [0.5, 0.6) is 0 Å². The van der Waals surface area contributed by atoms with Crippen LogP contribution in [-0.4, -0.2) is 29.5 Å². The fourth-order valence-electron chi connectivity index (χ4n) is 4.13. The molecule has 2 heterocycles. The molecule has 1 unspecified atom stereocenters. The van der Waals surface area contributed by atoms with E-state index in [0.717, 1.165) is 18.1 Å². The molecule has 7 heteroatoms. The fraction of sp³-hybridized carbons (Fsp3) is 0.280. The van der Waals surface area contributed by atoms with E-state index in [9.17, 15) is 13.6 Å². The molecule has 1 fully saturated rings. The number of rotatable bonds is 5. The van der Waals surface area contributed by atoms with Crippen molar-refractivity contribution in [3.8, 4) is 11.3 Å². The number of anilines is 1. The SMILES string of the molecule is CC(NC(=O)c1ccnc(-c2cc(F)cc(F)c2)c1N1CC[C@](C)(N)C1)c1ccccc1. The van der Waals surface area contributed by atoms with Crippen molar-refractivity contribution in [2.75, 3.05) is 18.0 Å². The molecule has 166 valence electrons. The lowest BCUT2D eigenvalue weighted by atomic mass is 10.0.